The zero-order valence-corrected chi connectivity index (χ0v) is 16.6. The fourth-order valence-corrected chi connectivity index (χ4v) is 3.14. The molecule has 0 fully saturated rings. The molecule has 7 nitrogen and oxygen atoms in total. The summed E-state index contributed by atoms with van der Waals surface area (Å²) in [6, 6.07) is 9.31. The molecule has 1 unspecified atom stereocenters. The lowest BCUT2D eigenvalue weighted by atomic mass is 9.96. The van der Waals surface area contributed by atoms with Gasteiger partial charge >= 0.3 is 12.4 Å². The van der Waals surface area contributed by atoms with Crippen LogP contribution < -0.4 is 10.1 Å². The first-order valence-electron chi connectivity index (χ1n) is 9.44. The summed E-state index contributed by atoms with van der Waals surface area (Å²) in [5.41, 5.74) is 1.08. The standard InChI is InChI=1S/C21H14F5N5O2/c22-13-3-1-12(2-4-13)18-17(19-27-9-14(23)10-28-19)11-31(30-18)20(32)29-15-5-7-16(8-6-15)33-21(24,25)26/h1-10,17H,11H2,(H,29,32). The van der Waals surface area contributed by atoms with E-state index in [9.17, 15) is 26.7 Å². The summed E-state index contributed by atoms with van der Waals surface area (Å²) in [7, 11) is 0. The van der Waals surface area contributed by atoms with Crippen LogP contribution in [0.25, 0.3) is 0 Å². The Morgan fingerprint density at radius 3 is 2.21 bits per heavy atom. The van der Waals surface area contributed by atoms with E-state index in [1.807, 2.05) is 0 Å². The van der Waals surface area contributed by atoms with Crippen molar-refractivity contribution in [2.45, 2.75) is 12.3 Å². The number of aromatic nitrogens is 2. The highest BCUT2D eigenvalue weighted by molar-refractivity contribution is 6.07. The molecule has 33 heavy (non-hydrogen) atoms. The van der Waals surface area contributed by atoms with Gasteiger partial charge in [-0.25, -0.2) is 28.6 Å². The van der Waals surface area contributed by atoms with Crippen LogP contribution in [0.15, 0.2) is 66.0 Å². The number of nitrogens with one attached hydrogen (secondary N) is 1. The van der Waals surface area contributed by atoms with Crippen molar-refractivity contribution in [1.82, 2.24) is 15.0 Å². The summed E-state index contributed by atoms with van der Waals surface area (Å²) >= 11 is 0. The highest BCUT2D eigenvalue weighted by atomic mass is 19.4. The molecule has 0 saturated carbocycles. The van der Waals surface area contributed by atoms with Crippen LogP contribution in [0, 0.1) is 11.6 Å². The van der Waals surface area contributed by atoms with Crippen LogP contribution in [0.1, 0.15) is 17.3 Å². The lowest BCUT2D eigenvalue weighted by molar-refractivity contribution is -0.274. The SMILES string of the molecule is O=C(Nc1ccc(OC(F)(F)F)cc1)N1CC(c2ncc(F)cn2)C(c2ccc(F)cc2)=N1. The van der Waals surface area contributed by atoms with E-state index in [2.05, 4.69) is 25.1 Å². The monoisotopic (exact) mass is 463 g/mol. The predicted molar refractivity (Wildman–Crippen MR) is 107 cm³/mol. The number of rotatable bonds is 4. The smallest absolute Gasteiger partial charge is 0.406 e. The van der Waals surface area contributed by atoms with E-state index in [0.29, 0.717) is 11.3 Å². The summed E-state index contributed by atoms with van der Waals surface area (Å²) in [5.74, 6) is -1.94. The molecule has 2 aromatic carbocycles. The third-order valence-corrected chi connectivity index (χ3v) is 4.58. The number of anilines is 1. The van der Waals surface area contributed by atoms with Crippen LogP contribution in [-0.2, 0) is 0 Å². The Kier molecular flexibility index (Phi) is 5.90. The molecule has 1 aliphatic rings. The minimum absolute atomic E-state index is 0.000552. The first kappa shape index (κ1) is 22.1. The van der Waals surface area contributed by atoms with Crippen LogP contribution in [-0.4, -0.2) is 39.6 Å². The van der Waals surface area contributed by atoms with Crippen molar-refractivity contribution in [2.24, 2.45) is 5.10 Å². The Balaban J connectivity index is 1.55. The molecule has 2 amide bonds. The Morgan fingerprint density at radius 2 is 1.61 bits per heavy atom. The fraction of sp³-hybridized carbons (Fsp3) is 0.143. The number of urea groups is 1. The molecule has 1 aliphatic heterocycles. The second kappa shape index (κ2) is 8.81. The number of ether oxygens (including phenoxy) is 1. The van der Waals surface area contributed by atoms with E-state index in [-0.39, 0.29) is 18.1 Å². The van der Waals surface area contributed by atoms with Gasteiger partial charge < -0.3 is 10.1 Å². The second-order valence-corrected chi connectivity index (χ2v) is 6.89. The fourth-order valence-electron chi connectivity index (χ4n) is 3.14. The molecule has 3 aromatic rings. The van der Waals surface area contributed by atoms with Crippen molar-refractivity contribution >= 4 is 17.4 Å². The van der Waals surface area contributed by atoms with Crippen molar-refractivity contribution in [3.05, 3.63) is 83.9 Å². The van der Waals surface area contributed by atoms with Gasteiger partial charge in [-0.05, 0) is 42.0 Å². The van der Waals surface area contributed by atoms with Crippen LogP contribution in [0.3, 0.4) is 0 Å². The maximum Gasteiger partial charge on any atom is 0.573 e. The van der Waals surface area contributed by atoms with E-state index in [1.165, 1.54) is 36.4 Å². The van der Waals surface area contributed by atoms with E-state index >= 15 is 0 Å². The average molecular weight is 463 g/mol. The number of hydrazone groups is 1. The molecule has 1 N–H and O–H groups in total. The quantitative estimate of drug-likeness (QED) is 0.570. The molecule has 12 heteroatoms. The first-order chi connectivity index (χ1) is 15.7. The molecule has 1 aromatic heterocycles. The molecular formula is C21H14F5N5O2. The van der Waals surface area contributed by atoms with Crippen molar-refractivity contribution in [2.75, 3.05) is 11.9 Å². The summed E-state index contributed by atoms with van der Waals surface area (Å²) in [6.07, 6.45) is -2.86. The minimum Gasteiger partial charge on any atom is -0.406 e. The summed E-state index contributed by atoms with van der Waals surface area (Å²) in [4.78, 5) is 20.7. The summed E-state index contributed by atoms with van der Waals surface area (Å²) < 4.78 is 67.3. The second-order valence-electron chi connectivity index (χ2n) is 6.89. The van der Waals surface area contributed by atoms with Gasteiger partial charge in [-0.1, -0.05) is 12.1 Å². The molecule has 0 saturated heterocycles. The number of carbonyl (C=O) groups is 1. The molecule has 170 valence electrons. The highest BCUT2D eigenvalue weighted by Gasteiger charge is 2.34. The van der Waals surface area contributed by atoms with Crippen molar-refractivity contribution in [3.63, 3.8) is 0 Å². The Hall–Kier alpha value is -4.09. The summed E-state index contributed by atoms with van der Waals surface area (Å²) in [6.45, 7) is -0.000552. The maximum absolute atomic E-state index is 13.4. The molecule has 0 radical (unpaired) electrons. The lowest BCUT2D eigenvalue weighted by Gasteiger charge is -2.15. The van der Waals surface area contributed by atoms with Crippen molar-refractivity contribution in [3.8, 4) is 5.75 Å². The number of halogens is 5. The Morgan fingerprint density at radius 1 is 0.970 bits per heavy atom. The normalized spacial score (nSPS) is 15.8. The van der Waals surface area contributed by atoms with E-state index in [0.717, 1.165) is 29.5 Å². The number of amides is 2. The zero-order valence-electron chi connectivity index (χ0n) is 16.6. The van der Waals surface area contributed by atoms with Gasteiger partial charge in [-0.15, -0.1) is 13.2 Å². The number of hydrogen-bond acceptors (Lipinski definition) is 5. The molecule has 0 spiro atoms. The molecule has 0 bridgehead atoms. The van der Waals surface area contributed by atoms with Gasteiger partial charge in [0.05, 0.1) is 30.6 Å². The molecule has 1 atom stereocenters. The highest BCUT2D eigenvalue weighted by Crippen LogP contribution is 2.28. The van der Waals surface area contributed by atoms with Gasteiger partial charge in [0.1, 0.15) is 17.4 Å². The predicted octanol–water partition coefficient (Wildman–Crippen LogP) is 4.69. The topological polar surface area (TPSA) is 79.7 Å². The Bertz CT molecular complexity index is 1170. The summed E-state index contributed by atoms with van der Waals surface area (Å²) in [5, 5.41) is 7.90. The largest absolute Gasteiger partial charge is 0.573 e. The van der Waals surface area contributed by atoms with Gasteiger partial charge in [0.2, 0.25) is 0 Å². The van der Waals surface area contributed by atoms with Gasteiger partial charge in [0.15, 0.2) is 5.82 Å². The molecule has 0 aliphatic carbocycles. The number of nitrogens with zero attached hydrogens (tertiary/aromatic N) is 4. The number of hydrogen-bond donors (Lipinski definition) is 1. The van der Waals surface area contributed by atoms with Crippen LogP contribution >= 0.6 is 0 Å². The van der Waals surface area contributed by atoms with Crippen LogP contribution in [0.2, 0.25) is 0 Å². The first-order valence-corrected chi connectivity index (χ1v) is 9.44. The van der Waals surface area contributed by atoms with E-state index in [1.54, 1.807) is 0 Å². The van der Waals surface area contributed by atoms with Crippen molar-refractivity contribution in [1.29, 1.82) is 0 Å². The van der Waals surface area contributed by atoms with E-state index in [4.69, 9.17) is 0 Å². The Labute approximate surface area is 183 Å². The average Bonchev–Trinajstić information content (AvgIpc) is 3.21. The minimum atomic E-state index is -4.83. The van der Waals surface area contributed by atoms with Gasteiger partial charge in [0, 0.05) is 5.69 Å². The zero-order chi connectivity index (χ0) is 23.6. The number of benzene rings is 2. The lowest BCUT2D eigenvalue weighted by Crippen LogP contribution is -2.30. The number of alkyl halides is 3. The van der Waals surface area contributed by atoms with Gasteiger partial charge in [-0.3, -0.25) is 0 Å². The van der Waals surface area contributed by atoms with Crippen molar-refractivity contribution < 1.29 is 31.5 Å². The molecular weight excluding hydrogens is 449 g/mol. The van der Waals surface area contributed by atoms with Gasteiger partial charge in [-0.2, -0.15) is 5.10 Å². The van der Waals surface area contributed by atoms with Crippen LogP contribution in [0.4, 0.5) is 32.4 Å². The maximum atomic E-state index is 13.4. The van der Waals surface area contributed by atoms with Gasteiger partial charge in [0.25, 0.3) is 0 Å². The molecule has 2 heterocycles. The third kappa shape index (κ3) is 5.40. The van der Waals surface area contributed by atoms with E-state index < -0.39 is 35.7 Å². The van der Waals surface area contributed by atoms with Crippen LogP contribution in [0.5, 0.6) is 5.75 Å². The third-order valence-electron chi connectivity index (χ3n) is 4.58. The number of carbonyl (C=O) groups excluding carboxylic acids is 1. The molecule has 4 rings (SSSR count).